The normalized spacial score (nSPS) is 26.6. The molecule has 2 fully saturated rings. The molecular weight excluding hydrogens is 312 g/mol. The maximum absolute atomic E-state index is 6.28. The molecule has 2 saturated heterocycles. The minimum atomic E-state index is 0.260. The van der Waals surface area contributed by atoms with Crippen molar-refractivity contribution in [2.24, 2.45) is 5.92 Å². The van der Waals surface area contributed by atoms with Crippen molar-refractivity contribution in [2.75, 3.05) is 30.3 Å². The summed E-state index contributed by atoms with van der Waals surface area (Å²) in [5.41, 5.74) is 5.63. The molecule has 0 amide bonds. The Bertz CT molecular complexity index is 497. The lowest BCUT2D eigenvalue weighted by molar-refractivity contribution is 0.137. The molecule has 130 valence electrons. The zero-order chi connectivity index (χ0) is 16.4. The van der Waals surface area contributed by atoms with E-state index < -0.39 is 0 Å². The molecule has 3 rings (SSSR count). The summed E-state index contributed by atoms with van der Waals surface area (Å²) in [6, 6.07) is 1.40. The van der Waals surface area contributed by atoms with Gasteiger partial charge in [0.2, 0.25) is 11.9 Å². The van der Waals surface area contributed by atoms with Gasteiger partial charge in [-0.1, -0.05) is 6.92 Å². The molecule has 1 aromatic rings. The van der Waals surface area contributed by atoms with E-state index in [1.807, 2.05) is 0 Å². The number of aromatic nitrogens is 3. The maximum atomic E-state index is 6.28. The zero-order valence-corrected chi connectivity index (χ0v) is 15.0. The van der Waals surface area contributed by atoms with E-state index in [4.69, 9.17) is 17.3 Å². The standard InChI is InChI=1S/C16H29ClN6/c1-11(12(2)17)10-14-4-3-7-23(14)13-5-8-22(9-6-13)16-19-15(18)20-21-16/h11-14H,3-10H2,1-2H3,(H3,18,19,20,21)/t11-,12?,14?/m1/s1. The van der Waals surface area contributed by atoms with Gasteiger partial charge in [0.15, 0.2) is 0 Å². The van der Waals surface area contributed by atoms with Crippen molar-refractivity contribution in [1.29, 1.82) is 0 Å². The van der Waals surface area contributed by atoms with Crippen LogP contribution in [0.3, 0.4) is 0 Å². The molecular formula is C16H29ClN6. The number of hydrogen-bond donors (Lipinski definition) is 2. The first-order valence-corrected chi connectivity index (χ1v) is 9.31. The van der Waals surface area contributed by atoms with Gasteiger partial charge in [0, 0.05) is 30.6 Å². The predicted molar refractivity (Wildman–Crippen MR) is 94.9 cm³/mol. The summed E-state index contributed by atoms with van der Waals surface area (Å²) in [4.78, 5) is 9.22. The molecule has 7 heteroatoms. The summed E-state index contributed by atoms with van der Waals surface area (Å²) in [5, 5.41) is 7.16. The topological polar surface area (TPSA) is 74.1 Å². The van der Waals surface area contributed by atoms with Crippen molar-refractivity contribution < 1.29 is 0 Å². The van der Waals surface area contributed by atoms with Gasteiger partial charge in [0.25, 0.3) is 0 Å². The van der Waals surface area contributed by atoms with E-state index >= 15 is 0 Å². The van der Waals surface area contributed by atoms with Gasteiger partial charge in [-0.05, 0) is 51.5 Å². The highest BCUT2D eigenvalue weighted by atomic mass is 35.5. The van der Waals surface area contributed by atoms with Crippen LogP contribution in [0.15, 0.2) is 0 Å². The number of nitrogens with zero attached hydrogens (tertiary/aromatic N) is 4. The summed E-state index contributed by atoms with van der Waals surface area (Å²) in [6.45, 7) is 7.66. The summed E-state index contributed by atoms with van der Waals surface area (Å²) in [5.74, 6) is 1.72. The molecule has 3 heterocycles. The molecule has 0 bridgehead atoms. The molecule has 2 unspecified atom stereocenters. The summed E-state index contributed by atoms with van der Waals surface area (Å²) < 4.78 is 0. The number of likely N-dealkylation sites (tertiary alicyclic amines) is 1. The van der Waals surface area contributed by atoms with Gasteiger partial charge in [-0.15, -0.1) is 16.7 Å². The molecule has 2 aliphatic heterocycles. The Morgan fingerprint density at radius 2 is 2.00 bits per heavy atom. The molecule has 0 radical (unpaired) electrons. The molecule has 2 aliphatic rings. The van der Waals surface area contributed by atoms with Gasteiger partial charge in [-0.3, -0.25) is 4.90 Å². The van der Waals surface area contributed by atoms with Crippen LogP contribution in [0.1, 0.15) is 46.0 Å². The number of hydrogen-bond acceptors (Lipinski definition) is 5. The van der Waals surface area contributed by atoms with Crippen LogP contribution < -0.4 is 10.6 Å². The third-order valence-corrected chi connectivity index (χ3v) is 5.99. The molecule has 0 aromatic carbocycles. The van der Waals surface area contributed by atoms with E-state index in [-0.39, 0.29) is 5.38 Å². The summed E-state index contributed by atoms with van der Waals surface area (Å²) in [7, 11) is 0. The van der Waals surface area contributed by atoms with Gasteiger partial charge in [-0.2, -0.15) is 4.98 Å². The van der Waals surface area contributed by atoms with Gasteiger partial charge < -0.3 is 10.6 Å². The highest BCUT2D eigenvalue weighted by Crippen LogP contribution is 2.31. The van der Waals surface area contributed by atoms with Crippen LogP contribution in [0.4, 0.5) is 11.9 Å². The van der Waals surface area contributed by atoms with E-state index in [1.54, 1.807) is 0 Å². The molecule has 0 spiro atoms. The van der Waals surface area contributed by atoms with Crippen LogP contribution in [0.2, 0.25) is 0 Å². The average Bonchev–Trinajstić information content (AvgIpc) is 3.16. The number of aromatic amines is 1. The molecule has 6 nitrogen and oxygen atoms in total. The first kappa shape index (κ1) is 16.8. The Balaban J connectivity index is 1.54. The number of nitrogens with two attached hydrogens (primary N) is 1. The third kappa shape index (κ3) is 3.91. The number of nitrogens with one attached hydrogen (secondary N) is 1. The number of nitrogen functional groups attached to an aromatic ring is 1. The Kier molecular flexibility index (Phi) is 5.31. The Hall–Kier alpha value is -1.01. The first-order chi connectivity index (χ1) is 11.0. The van der Waals surface area contributed by atoms with Crippen LogP contribution in [0, 0.1) is 5.92 Å². The Morgan fingerprint density at radius 1 is 1.26 bits per heavy atom. The van der Waals surface area contributed by atoms with E-state index in [1.165, 1.54) is 38.6 Å². The molecule has 23 heavy (non-hydrogen) atoms. The molecule has 3 N–H and O–H groups in total. The van der Waals surface area contributed by atoms with Gasteiger partial charge in [0.1, 0.15) is 0 Å². The van der Waals surface area contributed by atoms with Gasteiger partial charge >= 0.3 is 0 Å². The van der Waals surface area contributed by atoms with Crippen LogP contribution in [-0.2, 0) is 0 Å². The largest absolute Gasteiger partial charge is 0.368 e. The number of rotatable bonds is 5. The monoisotopic (exact) mass is 340 g/mol. The van der Waals surface area contributed by atoms with Crippen molar-refractivity contribution >= 4 is 23.5 Å². The number of piperidine rings is 1. The highest BCUT2D eigenvalue weighted by molar-refractivity contribution is 6.20. The molecule has 0 aliphatic carbocycles. The second-order valence-corrected chi connectivity index (χ2v) is 7.85. The Labute approximate surface area is 143 Å². The number of anilines is 2. The lowest BCUT2D eigenvalue weighted by Gasteiger charge is -2.39. The van der Waals surface area contributed by atoms with Crippen molar-refractivity contribution in [1.82, 2.24) is 20.1 Å². The second-order valence-electron chi connectivity index (χ2n) is 7.16. The van der Waals surface area contributed by atoms with Crippen LogP contribution in [-0.4, -0.2) is 57.2 Å². The second kappa shape index (κ2) is 7.26. The third-order valence-electron chi connectivity index (χ3n) is 5.56. The zero-order valence-electron chi connectivity index (χ0n) is 14.2. The fourth-order valence-electron chi connectivity index (χ4n) is 4.01. The lowest BCUT2D eigenvalue weighted by atomic mass is 9.95. The fourth-order valence-corrected chi connectivity index (χ4v) is 4.12. The minimum absolute atomic E-state index is 0.260. The van der Waals surface area contributed by atoms with E-state index in [9.17, 15) is 0 Å². The van der Waals surface area contributed by atoms with Crippen molar-refractivity contribution in [3.05, 3.63) is 0 Å². The number of H-pyrrole nitrogens is 1. The SMILES string of the molecule is CC(Cl)[C@H](C)CC1CCCN1C1CCN(c2n[nH]c(N)n2)CC1. The van der Waals surface area contributed by atoms with E-state index in [0.717, 1.165) is 19.0 Å². The predicted octanol–water partition coefficient (Wildman–Crippen LogP) is 2.47. The van der Waals surface area contributed by atoms with Crippen molar-refractivity contribution in [2.45, 2.75) is 63.4 Å². The van der Waals surface area contributed by atoms with Gasteiger partial charge in [-0.25, -0.2) is 5.10 Å². The van der Waals surface area contributed by atoms with Crippen molar-refractivity contribution in [3.8, 4) is 0 Å². The number of alkyl halides is 1. The van der Waals surface area contributed by atoms with Crippen LogP contribution >= 0.6 is 11.6 Å². The van der Waals surface area contributed by atoms with Crippen LogP contribution in [0.25, 0.3) is 0 Å². The first-order valence-electron chi connectivity index (χ1n) is 8.87. The van der Waals surface area contributed by atoms with Gasteiger partial charge in [0.05, 0.1) is 0 Å². The lowest BCUT2D eigenvalue weighted by Crippen LogP contribution is -2.47. The summed E-state index contributed by atoms with van der Waals surface area (Å²) >= 11 is 6.28. The fraction of sp³-hybridized carbons (Fsp3) is 0.875. The summed E-state index contributed by atoms with van der Waals surface area (Å²) in [6.07, 6.45) is 6.23. The van der Waals surface area contributed by atoms with Crippen LogP contribution in [0.5, 0.6) is 0 Å². The van der Waals surface area contributed by atoms with E-state index in [2.05, 4.69) is 38.8 Å². The van der Waals surface area contributed by atoms with E-state index in [0.29, 0.717) is 23.9 Å². The van der Waals surface area contributed by atoms with Crippen molar-refractivity contribution in [3.63, 3.8) is 0 Å². The highest BCUT2D eigenvalue weighted by Gasteiger charge is 2.34. The average molecular weight is 341 g/mol. The number of halogens is 1. The molecule has 3 atom stereocenters. The smallest absolute Gasteiger partial charge is 0.246 e. The minimum Gasteiger partial charge on any atom is -0.368 e. The quantitative estimate of drug-likeness (QED) is 0.805. The molecule has 0 saturated carbocycles. The molecule has 1 aromatic heterocycles. The maximum Gasteiger partial charge on any atom is 0.246 e. The Morgan fingerprint density at radius 3 is 2.61 bits per heavy atom.